The Morgan fingerprint density at radius 2 is 1.90 bits per heavy atom. The van der Waals surface area contributed by atoms with Gasteiger partial charge in [0.1, 0.15) is 17.6 Å². The number of fused-ring (bicyclic) bond motifs is 1. The van der Waals surface area contributed by atoms with Crippen molar-refractivity contribution in [3.05, 3.63) is 53.2 Å². The SMILES string of the molecule is COc1ccc2c(N3CCN(C(C)=O)CC3)nc(C#N)c(-c3cccc(Cl)c3)c2c1. The molecule has 3 aromatic rings. The molecule has 4 rings (SSSR count). The van der Waals surface area contributed by atoms with Crippen molar-refractivity contribution in [2.24, 2.45) is 0 Å². The van der Waals surface area contributed by atoms with Crippen molar-refractivity contribution in [1.82, 2.24) is 9.88 Å². The van der Waals surface area contributed by atoms with Crippen LogP contribution in [-0.4, -0.2) is 49.1 Å². The van der Waals surface area contributed by atoms with Gasteiger partial charge in [0.2, 0.25) is 5.91 Å². The van der Waals surface area contributed by atoms with Crippen LogP contribution in [0.5, 0.6) is 5.75 Å². The summed E-state index contributed by atoms with van der Waals surface area (Å²) in [5.41, 5.74) is 1.90. The highest BCUT2D eigenvalue weighted by Gasteiger charge is 2.24. The first kappa shape index (κ1) is 20.0. The molecule has 1 aliphatic heterocycles. The van der Waals surface area contributed by atoms with Gasteiger partial charge in [-0.05, 0) is 41.3 Å². The van der Waals surface area contributed by atoms with E-state index in [2.05, 4.69) is 11.0 Å². The summed E-state index contributed by atoms with van der Waals surface area (Å²) in [6.45, 7) is 4.17. The van der Waals surface area contributed by atoms with Crippen LogP contribution >= 0.6 is 11.6 Å². The van der Waals surface area contributed by atoms with E-state index >= 15 is 0 Å². The van der Waals surface area contributed by atoms with Crippen LogP contribution in [0.1, 0.15) is 12.6 Å². The Hall–Kier alpha value is -3.30. The summed E-state index contributed by atoms with van der Waals surface area (Å²) < 4.78 is 5.45. The van der Waals surface area contributed by atoms with Crippen molar-refractivity contribution in [3.63, 3.8) is 0 Å². The number of methoxy groups -OCH3 is 1. The number of carbonyl (C=O) groups is 1. The monoisotopic (exact) mass is 420 g/mol. The average Bonchev–Trinajstić information content (AvgIpc) is 2.77. The predicted octanol–water partition coefficient (Wildman–Crippen LogP) is 4.10. The standard InChI is InChI=1S/C23H21ClN4O2/c1-15(29)27-8-10-28(11-9-27)23-19-7-6-18(30-2)13-20(19)22(21(14-25)26-23)16-4-3-5-17(24)12-16/h3-7,12-13H,8-11H2,1-2H3. The molecule has 0 unspecified atom stereocenters. The van der Waals surface area contributed by atoms with E-state index in [-0.39, 0.29) is 5.91 Å². The number of halogens is 1. The van der Waals surface area contributed by atoms with E-state index in [1.54, 1.807) is 20.1 Å². The van der Waals surface area contributed by atoms with Crippen molar-refractivity contribution < 1.29 is 9.53 Å². The lowest BCUT2D eigenvalue weighted by molar-refractivity contribution is -0.129. The van der Waals surface area contributed by atoms with E-state index < -0.39 is 0 Å². The molecule has 7 heteroatoms. The Morgan fingerprint density at radius 1 is 1.13 bits per heavy atom. The lowest BCUT2D eigenvalue weighted by Gasteiger charge is -2.35. The summed E-state index contributed by atoms with van der Waals surface area (Å²) >= 11 is 6.22. The Kier molecular flexibility index (Phi) is 5.47. The first-order chi connectivity index (χ1) is 14.5. The molecule has 0 saturated carbocycles. The fourth-order valence-corrected chi connectivity index (χ4v) is 4.08. The number of aromatic nitrogens is 1. The molecule has 6 nitrogen and oxygen atoms in total. The molecule has 2 aromatic carbocycles. The normalized spacial score (nSPS) is 13.9. The minimum absolute atomic E-state index is 0.0752. The number of hydrogen-bond acceptors (Lipinski definition) is 5. The molecule has 1 saturated heterocycles. The summed E-state index contributed by atoms with van der Waals surface area (Å²) in [4.78, 5) is 20.4. The first-order valence-electron chi connectivity index (χ1n) is 9.70. The molecule has 30 heavy (non-hydrogen) atoms. The molecule has 0 N–H and O–H groups in total. The second-order valence-electron chi connectivity index (χ2n) is 7.19. The molecular formula is C23H21ClN4O2. The Balaban J connectivity index is 1.91. The van der Waals surface area contributed by atoms with Crippen molar-refractivity contribution in [2.75, 3.05) is 38.2 Å². The van der Waals surface area contributed by atoms with Gasteiger partial charge in [-0.3, -0.25) is 4.79 Å². The lowest BCUT2D eigenvalue weighted by atomic mass is 9.96. The minimum Gasteiger partial charge on any atom is -0.497 e. The number of hydrogen-bond donors (Lipinski definition) is 0. The van der Waals surface area contributed by atoms with Gasteiger partial charge in [0.25, 0.3) is 0 Å². The van der Waals surface area contributed by atoms with Crippen molar-refractivity contribution >= 4 is 34.1 Å². The molecule has 0 atom stereocenters. The third-order valence-electron chi connectivity index (χ3n) is 5.44. The van der Waals surface area contributed by atoms with Crippen LogP contribution in [-0.2, 0) is 4.79 Å². The molecule has 1 aliphatic rings. The van der Waals surface area contributed by atoms with E-state index in [9.17, 15) is 10.1 Å². The number of pyridine rings is 1. The molecule has 0 radical (unpaired) electrons. The molecule has 0 spiro atoms. The van der Waals surface area contributed by atoms with Crippen LogP contribution in [0, 0.1) is 11.3 Å². The topological polar surface area (TPSA) is 69.5 Å². The molecular weight excluding hydrogens is 400 g/mol. The number of nitrogens with zero attached hydrogens (tertiary/aromatic N) is 4. The largest absolute Gasteiger partial charge is 0.497 e. The van der Waals surface area contributed by atoms with Crippen LogP contribution in [0.15, 0.2) is 42.5 Å². The zero-order chi connectivity index (χ0) is 21.3. The number of piperazine rings is 1. The van der Waals surface area contributed by atoms with Crippen LogP contribution in [0.25, 0.3) is 21.9 Å². The van der Waals surface area contributed by atoms with Crippen molar-refractivity contribution in [1.29, 1.82) is 5.26 Å². The third kappa shape index (κ3) is 3.64. The number of amides is 1. The highest BCUT2D eigenvalue weighted by Crippen LogP contribution is 2.38. The van der Waals surface area contributed by atoms with Crippen molar-refractivity contribution in [2.45, 2.75) is 6.92 Å². The van der Waals surface area contributed by atoms with Gasteiger partial charge < -0.3 is 14.5 Å². The fraction of sp³-hybridized carbons (Fsp3) is 0.261. The van der Waals surface area contributed by atoms with Crippen LogP contribution < -0.4 is 9.64 Å². The second-order valence-corrected chi connectivity index (χ2v) is 7.62. The van der Waals surface area contributed by atoms with Gasteiger partial charge in [0.05, 0.1) is 7.11 Å². The number of nitriles is 1. The summed E-state index contributed by atoms with van der Waals surface area (Å²) in [5, 5.41) is 12.3. The van der Waals surface area contributed by atoms with Gasteiger partial charge in [0, 0.05) is 49.1 Å². The highest BCUT2D eigenvalue weighted by atomic mass is 35.5. The molecule has 2 heterocycles. The molecule has 1 aromatic heterocycles. The third-order valence-corrected chi connectivity index (χ3v) is 5.67. The van der Waals surface area contributed by atoms with E-state index in [1.165, 1.54) is 0 Å². The fourth-order valence-electron chi connectivity index (χ4n) is 3.89. The summed E-state index contributed by atoms with van der Waals surface area (Å²) in [5.74, 6) is 1.53. The Bertz CT molecular complexity index is 1160. The summed E-state index contributed by atoms with van der Waals surface area (Å²) in [6.07, 6.45) is 0. The minimum atomic E-state index is 0.0752. The molecule has 1 fully saturated rings. The van der Waals surface area contributed by atoms with Gasteiger partial charge in [-0.1, -0.05) is 23.7 Å². The number of ether oxygens (including phenoxy) is 1. The van der Waals surface area contributed by atoms with Crippen molar-refractivity contribution in [3.8, 4) is 22.9 Å². The number of rotatable bonds is 3. The second kappa shape index (κ2) is 8.21. The van der Waals surface area contributed by atoms with E-state index in [4.69, 9.17) is 21.3 Å². The van der Waals surface area contributed by atoms with Gasteiger partial charge >= 0.3 is 0 Å². The summed E-state index contributed by atoms with van der Waals surface area (Å²) in [7, 11) is 1.62. The van der Waals surface area contributed by atoms with Gasteiger partial charge in [-0.15, -0.1) is 0 Å². The maximum Gasteiger partial charge on any atom is 0.219 e. The molecule has 0 bridgehead atoms. The Labute approximate surface area is 180 Å². The van der Waals surface area contributed by atoms with Gasteiger partial charge in [0.15, 0.2) is 5.69 Å². The van der Waals surface area contributed by atoms with E-state index in [0.717, 1.165) is 27.7 Å². The number of anilines is 1. The van der Waals surface area contributed by atoms with Crippen LogP contribution in [0.2, 0.25) is 5.02 Å². The molecule has 0 aliphatic carbocycles. The Morgan fingerprint density at radius 3 is 2.53 bits per heavy atom. The molecule has 152 valence electrons. The van der Waals surface area contributed by atoms with Gasteiger partial charge in [-0.25, -0.2) is 4.98 Å². The van der Waals surface area contributed by atoms with Gasteiger partial charge in [-0.2, -0.15) is 5.26 Å². The maximum absolute atomic E-state index is 11.7. The van der Waals surface area contributed by atoms with Crippen LogP contribution in [0.4, 0.5) is 5.82 Å². The predicted molar refractivity (Wildman–Crippen MR) is 118 cm³/mol. The van der Waals surface area contributed by atoms with E-state index in [0.29, 0.717) is 42.6 Å². The number of carbonyl (C=O) groups excluding carboxylic acids is 1. The smallest absolute Gasteiger partial charge is 0.219 e. The lowest BCUT2D eigenvalue weighted by Crippen LogP contribution is -2.48. The molecule has 1 amide bonds. The van der Waals surface area contributed by atoms with Crippen LogP contribution in [0.3, 0.4) is 0 Å². The summed E-state index contributed by atoms with van der Waals surface area (Å²) in [6, 6.07) is 15.5. The zero-order valence-corrected chi connectivity index (χ0v) is 17.6. The average molecular weight is 421 g/mol. The quantitative estimate of drug-likeness (QED) is 0.637. The highest BCUT2D eigenvalue weighted by molar-refractivity contribution is 6.31. The first-order valence-corrected chi connectivity index (χ1v) is 10.1. The zero-order valence-electron chi connectivity index (χ0n) is 16.9. The number of benzene rings is 2. The maximum atomic E-state index is 11.7. The van der Waals surface area contributed by atoms with E-state index in [1.807, 2.05) is 41.3 Å².